The summed E-state index contributed by atoms with van der Waals surface area (Å²) in [7, 11) is 2.19. The van der Waals surface area contributed by atoms with Gasteiger partial charge in [0.15, 0.2) is 0 Å². The predicted octanol–water partition coefficient (Wildman–Crippen LogP) is 6.77. The molecule has 2 heterocycles. The van der Waals surface area contributed by atoms with Gasteiger partial charge in [0.25, 0.3) is 0 Å². The Morgan fingerprint density at radius 2 is 1.65 bits per heavy atom. The number of thiazole rings is 1. The molecule has 270 valence electrons. The molecular weight excluding hydrogens is 675 g/mol. The molecular formula is C42H45N3O6S. The number of likely N-dealkylation sites (N-methyl/N-ethyl adjacent to an activating group) is 1. The molecule has 0 radical (unpaired) electrons. The maximum atomic E-state index is 13.8. The Morgan fingerprint density at radius 1 is 0.942 bits per heavy atom. The molecule has 0 spiro atoms. The number of aromatic amines is 1. The Bertz CT molecular complexity index is 2050. The second kappa shape index (κ2) is 15.2. The second-order valence-corrected chi connectivity index (χ2v) is 15.4. The fourth-order valence-electron chi connectivity index (χ4n) is 8.64. The minimum Gasteiger partial charge on any atom is -0.506 e. The summed E-state index contributed by atoms with van der Waals surface area (Å²) in [6.45, 7) is 3.70. The third kappa shape index (κ3) is 7.13. The van der Waals surface area contributed by atoms with Crippen LogP contribution < -0.4 is 14.9 Å². The Labute approximate surface area is 307 Å². The molecule has 1 aliphatic heterocycles. The molecule has 9 nitrogen and oxygen atoms in total. The first-order valence-electron chi connectivity index (χ1n) is 18.4. The molecule has 3 aliphatic rings. The van der Waals surface area contributed by atoms with E-state index in [1.54, 1.807) is 6.07 Å². The van der Waals surface area contributed by atoms with E-state index in [4.69, 9.17) is 14.2 Å². The zero-order valence-corrected chi connectivity index (χ0v) is 30.2. The van der Waals surface area contributed by atoms with Crippen molar-refractivity contribution in [2.75, 3.05) is 33.3 Å². The van der Waals surface area contributed by atoms with E-state index < -0.39 is 5.92 Å². The summed E-state index contributed by atoms with van der Waals surface area (Å²) in [5.41, 5.74) is 5.75. The van der Waals surface area contributed by atoms with Gasteiger partial charge < -0.3 is 34.5 Å². The predicted molar refractivity (Wildman–Crippen MR) is 202 cm³/mol. The maximum absolute atomic E-state index is 13.8. The van der Waals surface area contributed by atoms with Crippen LogP contribution in [0.2, 0.25) is 0 Å². The van der Waals surface area contributed by atoms with Gasteiger partial charge in [0.1, 0.15) is 34.8 Å². The number of phenols is 1. The number of H-pyrrole nitrogens is 1. The minimum atomic E-state index is -0.481. The third-order valence-electron chi connectivity index (χ3n) is 11.2. The number of phenolic OH excluding ortho intramolecular Hbond substituents is 1. The molecule has 3 N–H and O–H groups in total. The average molecular weight is 720 g/mol. The third-order valence-corrected chi connectivity index (χ3v) is 12.1. The first-order valence-corrected chi connectivity index (χ1v) is 19.2. The summed E-state index contributed by atoms with van der Waals surface area (Å²) in [4.78, 5) is 30.6. The molecule has 4 unspecified atom stereocenters. The lowest BCUT2D eigenvalue weighted by atomic mass is 9.88. The monoisotopic (exact) mass is 719 g/mol. The Hall–Kier alpha value is -4.48. The van der Waals surface area contributed by atoms with E-state index in [9.17, 15) is 14.7 Å². The molecule has 2 aliphatic carbocycles. The number of fused-ring (bicyclic) bond motifs is 5. The van der Waals surface area contributed by atoms with Crippen LogP contribution in [0.1, 0.15) is 53.0 Å². The molecule has 2 saturated carbocycles. The van der Waals surface area contributed by atoms with Crippen LogP contribution in [0, 0.1) is 11.8 Å². The number of hydrogen-bond donors (Lipinski definition) is 3. The van der Waals surface area contributed by atoms with E-state index >= 15 is 0 Å². The van der Waals surface area contributed by atoms with Gasteiger partial charge in [-0.2, -0.15) is 0 Å². The highest BCUT2D eigenvalue weighted by Gasteiger charge is 2.52. The number of nitrogens with zero attached hydrogens (tertiary/aromatic N) is 1. The van der Waals surface area contributed by atoms with Gasteiger partial charge in [-0.25, -0.2) is 0 Å². The number of benzene rings is 4. The van der Waals surface area contributed by atoms with Gasteiger partial charge >= 0.3 is 10.8 Å². The fraction of sp³-hybridized carbons (Fsp3) is 0.381. The molecule has 1 aromatic heterocycles. The summed E-state index contributed by atoms with van der Waals surface area (Å²) < 4.78 is 19.4. The van der Waals surface area contributed by atoms with Crippen LogP contribution in [-0.4, -0.2) is 66.4 Å². The molecule has 4 atom stereocenters. The number of hydrogen-bond acceptors (Lipinski definition) is 9. The summed E-state index contributed by atoms with van der Waals surface area (Å²) in [6, 6.07) is 28.1. The Balaban J connectivity index is 0.766. The van der Waals surface area contributed by atoms with Crippen LogP contribution in [-0.2, 0) is 33.7 Å². The van der Waals surface area contributed by atoms with Crippen molar-refractivity contribution >= 4 is 27.5 Å². The molecule has 0 saturated heterocycles. The van der Waals surface area contributed by atoms with Crippen molar-refractivity contribution in [2.24, 2.45) is 11.8 Å². The number of para-hydroxylation sites is 2. The molecule has 0 amide bonds. The zero-order chi connectivity index (χ0) is 35.6. The van der Waals surface area contributed by atoms with E-state index in [1.165, 1.54) is 12.0 Å². The molecule has 4 aromatic carbocycles. The van der Waals surface area contributed by atoms with Crippen molar-refractivity contribution in [3.63, 3.8) is 0 Å². The lowest BCUT2D eigenvalue weighted by Crippen LogP contribution is -2.39. The van der Waals surface area contributed by atoms with Crippen LogP contribution in [0.4, 0.5) is 0 Å². The van der Waals surface area contributed by atoms with E-state index in [2.05, 4.69) is 46.5 Å². The number of aromatic hydroxyl groups is 1. The van der Waals surface area contributed by atoms with Crippen LogP contribution in [0.3, 0.4) is 0 Å². The smallest absolute Gasteiger partial charge is 0.318 e. The maximum Gasteiger partial charge on any atom is 0.318 e. The van der Waals surface area contributed by atoms with Crippen molar-refractivity contribution < 1.29 is 24.1 Å². The van der Waals surface area contributed by atoms with Crippen molar-refractivity contribution in [3.8, 4) is 17.2 Å². The molecule has 10 heteroatoms. The standard InChI is InChI=1S/C42H45N3O6S/c1-45(22-23-49-25-27-12-10-26(11-13-27)18-20-43-21-19-28-15-17-33(46)38-40(28)52-42(48)44-38)39-29-14-16-32(39)36(24-29)51-41(47)37-30-6-2-4-8-34(30)50-35-9-5-3-7-31(35)37/h2-13,15,17,29,32,36-37,39,43,46H,14,16,18-25H2,1H3,(H,44,48). The minimum absolute atomic E-state index is 0.0704. The van der Waals surface area contributed by atoms with E-state index in [0.29, 0.717) is 36.6 Å². The SMILES string of the molecule is CN(CCOCc1ccc(CCNCCc2ccc(O)c3[nH]c(=O)sc23)cc1)C1C2CCC1C(OC(=O)C1c3ccccc3Oc3ccccc31)C2. The Morgan fingerprint density at radius 3 is 2.42 bits per heavy atom. The largest absolute Gasteiger partial charge is 0.506 e. The summed E-state index contributed by atoms with van der Waals surface area (Å²) in [6.07, 6.45) is 4.82. The number of rotatable bonds is 14. The highest BCUT2D eigenvalue weighted by Crippen LogP contribution is 2.50. The Kier molecular flexibility index (Phi) is 10.1. The topological polar surface area (TPSA) is 113 Å². The normalized spacial score (nSPS) is 20.6. The summed E-state index contributed by atoms with van der Waals surface area (Å²) in [5, 5.41) is 13.5. The van der Waals surface area contributed by atoms with E-state index in [1.807, 2.05) is 54.6 Å². The van der Waals surface area contributed by atoms with Gasteiger partial charge in [-0.05, 0) is 93.0 Å². The summed E-state index contributed by atoms with van der Waals surface area (Å²) >= 11 is 1.14. The average Bonchev–Trinajstić information content (AvgIpc) is 3.86. The number of carbonyl (C=O) groups is 1. The molecule has 52 heavy (non-hydrogen) atoms. The zero-order valence-electron chi connectivity index (χ0n) is 29.4. The van der Waals surface area contributed by atoms with E-state index in [0.717, 1.165) is 95.1 Å². The van der Waals surface area contributed by atoms with Gasteiger partial charge in [-0.15, -0.1) is 0 Å². The highest BCUT2D eigenvalue weighted by molar-refractivity contribution is 7.16. The van der Waals surface area contributed by atoms with Gasteiger partial charge in [0.05, 0.1) is 17.9 Å². The molecule has 2 bridgehead atoms. The van der Waals surface area contributed by atoms with Crippen molar-refractivity contribution in [1.82, 2.24) is 15.2 Å². The van der Waals surface area contributed by atoms with Crippen molar-refractivity contribution in [2.45, 2.75) is 56.8 Å². The highest BCUT2D eigenvalue weighted by atomic mass is 32.1. The van der Waals surface area contributed by atoms with Crippen molar-refractivity contribution in [1.29, 1.82) is 0 Å². The van der Waals surface area contributed by atoms with Gasteiger partial charge in [-0.3, -0.25) is 9.59 Å². The van der Waals surface area contributed by atoms with Gasteiger partial charge in [0, 0.05) is 29.6 Å². The lowest BCUT2D eigenvalue weighted by molar-refractivity contribution is -0.152. The first-order chi connectivity index (χ1) is 25.4. The number of aromatic nitrogens is 1. The van der Waals surface area contributed by atoms with Crippen LogP contribution in [0.25, 0.3) is 10.2 Å². The lowest BCUT2D eigenvalue weighted by Gasteiger charge is -2.31. The van der Waals surface area contributed by atoms with Gasteiger partial charge in [-0.1, -0.05) is 78.1 Å². The molecule has 8 rings (SSSR count). The number of esters is 1. The number of ether oxygens (including phenoxy) is 3. The molecule has 5 aromatic rings. The molecule has 2 fully saturated rings. The van der Waals surface area contributed by atoms with Crippen LogP contribution >= 0.6 is 11.3 Å². The number of nitrogens with one attached hydrogen (secondary N) is 2. The summed E-state index contributed by atoms with van der Waals surface area (Å²) in [5.74, 6) is 1.75. The van der Waals surface area contributed by atoms with Crippen LogP contribution in [0.5, 0.6) is 17.2 Å². The first kappa shape index (κ1) is 34.6. The van der Waals surface area contributed by atoms with E-state index in [-0.39, 0.29) is 22.7 Å². The van der Waals surface area contributed by atoms with Gasteiger partial charge in [0.2, 0.25) is 0 Å². The second-order valence-electron chi connectivity index (χ2n) is 14.4. The van der Waals surface area contributed by atoms with Crippen LogP contribution in [0.15, 0.2) is 89.7 Å². The quantitative estimate of drug-likeness (QED) is 0.0853. The fourth-order valence-corrected chi connectivity index (χ4v) is 9.54. The number of carbonyl (C=O) groups excluding carboxylic acids is 1. The van der Waals surface area contributed by atoms with Crippen molar-refractivity contribution in [3.05, 3.63) is 122 Å².